The minimum Gasteiger partial charge on any atom is -0.443 e. The highest BCUT2D eigenvalue weighted by Crippen LogP contribution is 2.38. The molecule has 0 bridgehead atoms. The van der Waals surface area contributed by atoms with Crippen molar-refractivity contribution in [1.82, 2.24) is 0 Å². The number of hydrogen-bond acceptors (Lipinski definition) is 4. The Hall–Kier alpha value is -2.35. The smallest absolute Gasteiger partial charge is 0.339 e. The molecule has 0 saturated heterocycles. The lowest BCUT2D eigenvalue weighted by atomic mass is 10.1. The SMILES string of the molecule is CC(C)C(C#N)OC(=O)c1ccc(NC(=O)C2CC2C)cc1. The Morgan fingerprint density at radius 2 is 1.91 bits per heavy atom. The van der Waals surface area contributed by atoms with Crippen LogP contribution in [-0.2, 0) is 9.53 Å². The average Bonchev–Trinajstić information content (AvgIpc) is 3.22. The van der Waals surface area contributed by atoms with Gasteiger partial charge in [-0.3, -0.25) is 4.79 Å². The van der Waals surface area contributed by atoms with E-state index in [2.05, 4.69) is 5.32 Å². The van der Waals surface area contributed by atoms with Crippen LogP contribution in [0.1, 0.15) is 37.6 Å². The maximum absolute atomic E-state index is 12.0. The van der Waals surface area contributed by atoms with E-state index in [1.165, 1.54) is 0 Å². The molecule has 3 unspecified atom stereocenters. The summed E-state index contributed by atoms with van der Waals surface area (Å²) in [5.74, 6) is -0.0190. The van der Waals surface area contributed by atoms with Gasteiger partial charge in [0.05, 0.1) is 5.56 Å². The van der Waals surface area contributed by atoms with Crippen LogP contribution in [0.4, 0.5) is 5.69 Å². The van der Waals surface area contributed by atoms with Gasteiger partial charge >= 0.3 is 5.97 Å². The van der Waals surface area contributed by atoms with E-state index < -0.39 is 12.1 Å². The number of benzene rings is 1. The molecule has 1 aliphatic rings. The number of nitrogens with zero attached hydrogens (tertiary/aromatic N) is 1. The van der Waals surface area contributed by atoms with E-state index in [1.54, 1.807) is 24.3 Å². The molecule has 1 aromatic carbocycles. The van der Waals surface area contributed by atoms with Gasteiger partial charge in [0.15, 0.2) is 6.10 Å². The van der Waals surface area contributed by atoms with Gasteiger partial charge in [-0.05, 0) is 36.6 Å². The first-order valence-electron chi connectivity index (χ1n) is 7.44. The molecule has 0 heterocycles. The number of carbonyl (C=O) groups is 2. The predicted molar refractivity (Wildman–Crippen MR) is 82.0 cm³/mol. The standard InChI is InChI=1S/C17H20N2O3/c1-10(2)15(9-18)22-17(21)12-4-6-13(7-5-12)19-16(20)14-8-11(14)3/h4-7,10-11,14-15H,8H2,1-3H3,(H,19,20). The third-order valence-electron chi connectivity index (χ3n) is 3.80. The van der Waals surface area contributed by atoms with Crippen molar-refractivity contribution >= 4 is 17.6 Å². The normalized spacial score (nSPS) is 20.9. The van der Waals surface area contributed by atoms with Gasteiger partial charge in [0.25, 0.3) is 0 Å². The molecule has 116 valence electrons. The number of ether oxygens (including phenoxy) is 1. The first kappa shape index (κ1) is 16.0. The van der Waals surface area contributed by atoms with Gasteiger partial charge in [0.2, 0.25) is 5.91 Å². The molecule has 3 atom stereocenters. The minimum absolute atomic E-state index is 0.0205. The molecule has 5 nitrogen and oxygen atoms in total. The Bertz CT molecular complexity index is 601. The van der Waals surface area contributed by atoms with E-state index in [4.69, 9.17) is 10.00 Å². The number of hydrogen-bond donors (Lipinski definition) is 1. The van der Waals surface area contributed by atoms with Crippen molar-refractivity contribution in [3.63, 3.8) is 0 Å². The van der Waals surface area contributed by atoms with Gasteiger partial charge in [-0.1, -0.05) is 20.8 Å². The van der Waals surface area contributed by atoms with Crippen LogP contribution in [0, 0.1) is 29.1 Å². The molecule has 1 aliphatic carbocycles. The van der Waals surface area contributed by atoms with Crippen LogP contribution in [0.5, 0.6) is 0 Å². The minimum atomic E-state index is -0.761. The van der Waals surface area contributed by atoms with Crippen molar-refractivity contribution in [2.24, 2.45) is 17.8 Å². The largest absolute Gasteiger partial charge is 0.443 e. The van der Waals surface area contributed by atoms with Gasteiger partial charge < -0.3 is 10.1 Å². The van der Waals surface area contributed by atoms with Crippen LogP contribution >= 0.6 is 0 Å². The summed E-state index contributed by atoms with van der Waals surface area (Å²) in [5, 5.41) is 11.8. The van der Waals surface area contributed by atoms with E-state index >= 15 is 0 Å². The molecule has 0 radical (unpaired) electrons. The fourth-order valence-corrected chi connectivity index (χ4v) is 2.11. The van der Waals surface area contributed by atoms with Gasteiger partial charge in [0, 0.05) is 17.5 Å². The average molecular weight is 300 g/mol. The van der Waals surface area contributed by atoms with E-state index in [1.807, 2.05) is 26.8 Å². The number of amides is 1. The molecule has 22 heavy (non-hydrogen) atoms. The monoisotopic (exact) mass is 300 g/mol. The van der Waals surface area contributed by atoms with Crippen molar-refractivity contribution in [3.05, 3.63) is 29.8 Å². The van der Waals surface area contributed by atoms with E-state index in [0.717, 1.165) is 6.42 Å². The van der Waals surface area contributed by atoms with Gasteiger partial charge in [-0.2, -0.15) is 5.26 Å². The molecule has 1 fully saturated rings. The molecule has 1 saturated carbocycles. The zero-order chi connectivity index (χ0) is 16.3. The van der Waals surface area contributed by atoms with Crippen LogP contribution in [0.2, 0.25) is 0 Å². The van der Waals surface area contributed by atoms with Crippen LogP contribution < -0.4 is 5.32 Å². The molecular formula is C17H20N2O3. The lowest BCUT2D eigenvalue weighted by Crippen LogP contribution is -2.22. The second-order valence-corrected chi connectivity index (χ2v) is 6.09. The Labute approximate surface area is 130 Å². The zero-order valence-electron chi connectivity index (χ0n) is 13.0. The summed E-state index contributed by atoms with van der Waals surface area (Å²) in [6.45, 7) is 5.68. The lowest BCUT2D eigenvalue weighted by molar-refractivity contribution is -0.117. The molecule has 2 rings (SSSR count). The highest BCUT2D eigenvalue weighted by Gasteiger charge is 2.39. The number of esters is 1. The third-order valence-corrected chi connectivity index (χ3v) is 3.80. The first-order chi connectivity index (χ1) is 10.4. The molecule has 1 aromatic rings. The zero-order valence-corrected chi connectivity index (χ0v) is 13.0. The molecule has 0 aromatic heterocycles. The predicted octanol–water partition coefficient (Wildman–Crippen LogP) is 2.99. The van der Waals surface area contributed by atoms with Crippen LogP contribution in [-0.4, -0.2) is 18.0 Å². The fraction of sp³-hybridized carbons (Fsp3) is 0.471. The summed E-state index contributed by atoms with van der Waals surface area (Å²) in [5.41, 5.74) is 1.01. The summed E-state index contributed by atoms with van der Waals surface area (Å²) in [7, 11) is 0. The molecule has 5 heteroatoms. The van der Waals surface area contributed by atoms with Crippen LogP contribution in [0.3, 0.4) is 0 Å². The summed E-state index contributed by atoms with van der Waals surface area (Å²) < 4.78 is 5.14. The highest BCUT2D eigenvalue weighted by atomic mass is 16.5. The Kier molecular flexibility index (Phi) is 4.81. The molecule has 1 N–H and O–H groups in total. The molecule has 1 amide bonds. The van der Waals surface area contributed by atoms with Crippen molar-refractivity contribution in [2.75, 3.05) is 5.32 Å². The van der Waals surface area contributed by atoms with E-state index in [0.29, 0.717) is 17.2 Å². The lowest BCUT2D eigenvalue weighted by Gasteiger charge is -2.14. The topological polar surface area (TPSA) is 79.2 Å². The van der Waals surface area contributed by atoms with Crippen LogP contribution in [0.15, 0.2) is 24.3 Å². The Morgan fingerprint density at radius 1 is 1.32 bits per heavy atom. The van der Waals surface area contributed by atoms with Crippen molar-refractivity contribution in [2.45, 2.75) is 33.3 Å². The maximum atomic E-state index is 12.0. The van der Waals surface area contributed by atoms with E-state index in [9.17, 15) is 9.59 Å². The van der Waals surface area contributed by atoms with E-state index in [-0.39, 0.29) is 17.7 Å². The van der Waals surface area contributed by atoms with Gasteiger partial charge in [-0.25, -0.2) is 4.79 Å². The van der Waals surface area contributed by atoms with Gasteiger partial charge in [-0.15, -0.1) is 0 Å². The summed E-state index contributed by atoms with van der Waals surface area (Å²) >= 11 is 0. The van der Waals surface area contributed by atoms with Crippen molar-refractivity contribution in [3.8, 4) is 6.07 Å². The first-order valence-corrected chi connectivity index (χ1v) is 7.44. The van der Waals surface area contributed by atoms with Gasteiger partial charge in [0.1, 0.15) is 6.07 Å². The number of nitrogens with one attached hydrogen (secondary N) is 1. The second-order valence-electron chi connectivity index (χ2n) is 6.09. The summed E-state index contributed by atoms with van der Waals surface area (Å²) in [4.78, 5) is 23.8. The summed E-state index contributed by atoms with van der Waals surface area (Å²) in [6.07, 6.45) is 0.171. The Balaban J connectivity index is 1.95. The number of carbonyl (C=O) groups excluding carboxylic acids is 2. The molecular weight excluding hydrogens is 280 g/mol. The summed E-state index contributed by atoms with van der Waals surface area (Å²) in [6, 6.07) is 8.47. The molecule has 0 aliphatic heterocycles. The Morgan fingerprint density at radius 3 is 2.36 bits per heavy atom. The maximum Gasteiger partial charge on any atom is 0.339 e. The second kappa shape index (κ2) is 6.61. The number of rotatable bonds is 5. The molecule has 0 spiro atoms. The van der Waals surface area contributed by atoms with Crippen molar-refractivity contribution in [1.29, 1.82) is 5.26 Å². The quantitative estimate of drug-likeness (QED) is 0.848. The third kappa shape index (κ3) is 3.85. The fourth-order valence-electron chi connectivity index (χ4n) is 2.11. The van der Waals surface area contributed by atoms with Crippen molar-refractivity contribution < 1.29 is 14.3 Å². The van der Waals surface area contributed by atoms with Crippen LogP contribution in [0.25, 0.3) is 0 Å². The number of anilines is 1. The number of nitriles is 1. The highest BCUT2D eigenvalue weighted by molar-refractivity contribution is 5.95.